The zero-order chi connectivity index (χ0) is 19.7. The summed E-state index contributed by atoms with van der Waals surface area (Å²) in [5, 5.41) is 0.154. The monoisotopic (exact) mass is 394 g/mol. The van der Waals surface area contributed by atoms with Crippen LogP contribution in [0.3, 0.4) is 0 Å². The number of carbonyl (C=O) groups excluding carboxylic acids is 1. The summed E-state index contributed by atoms with van der Waals surface area (Å²) < 4.78 is 67.4. The number of nitrogens with one attached hydrogen (secondary N) is 1. The molecule has 0 bridgehead atoms. The summed E-state index contributed by atoms with van der Waals surface area (Å²) in [6.07, 6.45) is -0.0401. The molecule has 0 aliphatic heterocycles. The standard InChI is InChI=1S/C18H13F3N2O3S/c19-14-6-7-16-13(8-14)9-15(11-22-16)27(25,26)23-17(24)18(20,21)10-12-4-2-1-3-5-12/h1-9,11H,10H2,(H,23,24). The Morgan fingerprint density at radius 3 is 2.48 bits per heavy atom. The molecule has 0 saturated heterocycles. The lowest BCUT2D eigenvalue weighted by Gasteiger charge is -2.16. The van der Waals surface area contributed by atoms with E-state index in [2.05, 4.69) is 4.98 Å². The van der Waals surface area contributed by atoms with Gasteiger partial charge in [-0.2, -0.15) is 8.78 Å². The van der Waals surface area contributed by atoms with E-state index < -0.39 is 39.0 Å². The Kier molecular flexibility index (Phi) is 4.88. The van der Waals surface area contributed by atoms with Gasteiger partial charge in [0.05, 0.1) is 5.52 Å². The molecule has 3 rings (SSSR count). The van der Waals surface area contributed by atoms with Crippen LogP contribution in [0.25, 0.3) is 10.9 Å². The molecule has 3 aromatic rings. The first-order chi connectivity index (χ1) is 12.7. The van der Waals surface area contributed by atoms with E-state index in [-0.39, 0.29) is 10.9 Å². The van der Waals surface area contributed by atoms with E-state index >= 15 is 0 Å². The molecule has 27 heavy (non-hydrogen) atoms. The van der Waals surface area contributed by atoms with Gasteiger partial charge in [-0.15, -0.1) is 0 Å². The van der Waals surface area contributed by atoms with Crippen LogP contribution in [0.15, 0.2) is 65.7 Å². The molecule has 9 heteroatoms. The van der Waals surface area contributed by atoms with Crippen molar-refractivity contribution < 1.29 is 26.4 Å². The van der Waals surface area contributed by atoms with Gasteiger partial charge in [-0.05, 0) is 29.8 Å². The Bertz CT molecular complexity index is 1100. The zero-order valence-electron chi connectivity index (χ0n) is 13.7. The van der Waals surface area contributed by atoms with Gasteiger partial charge in [0.1, 0.15) is 10.7 Å². The number of hydrogen-bond acceptors (Lipinski definition) is 4. The van der Waals surface area contributed by atoms with Gasteiger partial charge in [0.2, 0.25) is 0 Å². The molecule has 1 heterocycles. The van der Waals surface area contributed by atoms with E-state index in [9.17, 15) is 26.4 Å². The van der Waals surface area contributed by atoms with Gasteiger partial charge in [-0.1, -0.05) is 30.3 Å². The first-order valence-electron chi connectivity index (χ1n) is 7.72. The maximum absolute atomic E-state index is 14.1. The lowest BCUT2D eigenvalue weighted by atomic mass is 10.1. The Morgan fingerprint density at radius 2 is 1.78 bits per heavy atom. The molecule has 1 amide bonds. The minimum atomic E-state index is -4.60. The zero-order valence-corrected chi connectivity index (χ0v) is 14.5. The molecule has 1 N–H and O–H groups in total. The van der Waals surface area contributed by atoms with Crippen molar-refractivity contribution >= 4 is 26.8 Å². The van der Waals surface area contributed by atoms with Crippen molar-refractivity contribution in [1.82, 2.24) is 9.71 Å². The summed E-state index contributed by atoms with van der Waals surface area (Å²) in [4.78, 5) is 15.2. The second kappa shape index (κ2) is 6.99. The number of sulfonamides is 1. The highest BCUT2D eigenvalue weighted by atomic mass is 32.2. The van der Waals surface area contributed by atoms with Crippen molar-refractivity contribution in [2.75, 3.05) is 0 Å². The third-order valence-corrected chi connectivity index (χ3v) is 5.05. The minimum absolute atomic E-state index is 0.154. The van der Waals surface area contributed by atoms with Gasteiger partial charge in [0, 0.05) is 18.0 Å². The molecule has 0 aliphatic carbocycles. The minimum Gasteiger partial charge on any atom is -0.267 e. The number of rotatable bonds is 5. The predicted octanol–water partition coefficient (Wildman–Crippen LogP) is 3.06. The predicted molar refractivity (Wildman–Crippen MR) is 92.1 cm³/mol. The summed E-state index contributed by atoms with van der Waals surface area (Å²) in [5.74, 6) is -6.51. The highest BCUT2D eigenvalue weighted by Crippen LogP contribution is 2.22. The van der Waals surface area contributed by atoms with Gasteiger partial charge in [0.25, 0.3) is 10.0 Å². The lowest BCUT2D eigenvalue weighted by molar-refractivity contribution is -0.143. The molecule has 0 saturated carbocycles. The van der Waals surface area contributed by atoms with E-state index in [1.54, 1.807) is 6.07 Å². The average molecular weight is 394 g/mol. The Morgan fingerprint density at radius 1 is 1.07 bits per heavy atom. The first kappa shape index (κ1) is 18.8. The van der Waals surface area contributed by atoms with Crippen LogP contribution in [-0.4, -0.2) is 25.2 Å². The number of amides is 1. The molecular formula is C18H13F3N2O3S. The second-order valence-electron chi connectivity index (χ2n) is 5.81. The topological polar surface area (TPSA) is 76.1 Å². The lowest BCUT2D eigenvalue weighted by Crippen LogP contribution is -2.44. The number of hydrogen-bond donors (Lipinski definition) is 1. The van der Waals surface area contributed by atoms with Gasteiger partial charge in [0.15, 0.2) is 0 Å². The van der Waals surface area contributed by atoms with Crippen LogP contribution in [0.1, 0.15) is 5.56 Å². The van der Waals surface area contributed by atoms with Gasteiger partial charge in [-0.3, -0.25) is 9.78 Å². The molecule has 2 aromatic carbocycles. The summed E-state index contributed by atoms with van der Waals surface area (Å²) in [5.41, 5.74) is 0.494. The van der Waals surface area contributed by atoms with Crippen LogP contribution in [0, 0.1) is 5.82 Å². The van der Waals surface area contributed by atoms with E-state index in [1.165, 1.54) is 35.1 Å². The largest absolute Gasteiger partial charge is 0.329 e. The highest BCUT2D eigenvalue weighted by molar-refractivity contribution is 7.90. The number of aromatic nitrogens is 1. The van der Waals surface area contributed by atoms with Crippen LogP contribution in [0.5, 0.6) is 0 Å². The Labute approximate surface area is 152 Å². The summed E-state index contributed by atoms with van der Waals surface area (Å²) in [6.45, 7) is 0. The Balaban J connectivity index is 1.84. The van der Waals surface area contributed by atoms with Crippen molar-refractivity contribution in [2.24, 2.45) is 0 Å². The van der Waals surface area contributed by atoms with E-state index in [4.69, 9.17) is 0 Å². The average Bonchev–Trinajstić information content (AvgIpc) is 2.61. The number of pyridine rings is 1. The summed E-state index contributed by atoms with van der Waals surface area (Å²) in [7, 11) is -4.60. The fourth-order valence-electron chi connectivity index (χ4n) is 2.42. The molecule has 0 fully saturated rings. The molecule has 140 valence electrons. The molecule has 0 atom stereocenters. The third-order valence-electron chi connectivity index (χ3n) is 3.76. The van der Waals surface area contributed by atoms with Crippen LogP contribution >= 0.6 is 0 Å². The maximum Gasteiger partial charge on any atom is 0.329 e. The molecule has 5 nitrogen and oxygen atoms in total. The quantitative estimate of drug-likeness (QED) is 0.722. The van der Waals surface area contributed by atoms with E-state index in [0.29, 0.717) is 5.52 Å². The van der Waals surface area contributed by atoms with Crippen LogP contribution < -0.4 is 4.72 Å². The van der Waals surface area contributed by atoms with E-state index in [1.807, 2.05) is 0 Å². The second-order valence-corrected chi connectivity index (χ2v) is 7.49. The fourth-order valence-corrected chi connectivity index (χ4v) is 3.40. The molecule has 0 radical (unpaired) electrons. The van der Waals surface area contributed by atoms with Gasteiger partial charge in [-0.25, -0.2) is 17.5 Å². The first-order valence-corrected chi connectivity index (χ1v) is 9.20. The number of fused-ring (bicyclic) bond motifs is 1. The highest BCUT2D eigenvalue weighted by Gasteiger charge is 2.41. The van der Waals surface area contributed by atoms with E-state index in [0.717, 1.165) is 24.4 Å². The molecule has 1 aromatic heterocycles. The van der Waals surface area contributed by atoms with Crippen molar-refractivity contribution in [3.05, 3.63) is 72.2 Å². The normalized spacial score (nSPS) is 12.1. The third kappa shape index (κ3) is 4.25. The molecule has 0 aliphatic rings. The number of alkyl halides is 2. The SMILES string of the molecule is O=C(NS(=O)(=O)c1cnc2ccc(F)cc2c1)C(F)(F)Cc1ccccc1. The summed E-state index contributed by atoms with van der Waals surface area (Å²) >= 11 is 0. The number of carbonyl (C=O) groups is 1. The van der Waals surface area contributed by atoms with Crippen LogP contribution in [0.2, 0.25) is 0 Å². The molecule has 0 spiro atoms. The van der Waals surface area contributed by atoms with Crippen LogP contribution in [-0.2, 0) is 21.2 Å². The van der Waals surface area contributed by atoms with Crippen molar-refractivity contribution in [3.8, 4) is 0 Å². The fraction of sp³-hybridized carbons (Fsp3) is 0.111. The van der Waals surface area contributed by atoms with Crippen molar-refractivity contribution in [3.63, 3.8) is 0 Å². The van der Waals surface area contributed by atoms with Gasteiger partial charge < -0.3 is 0 Å². The summed E-state index contributed by atoms with van der Waals surface area (Å²) in [6, 6.07) is 12.1. The van der Waals surface area contributed by atoms with Crippen molar-refractivity contribution in [1.29, 1.82) is 0 Å². The maximum atomic E-state index is 14.1. The number of benzene rings is 2. The van der Waals surface area contributed by atoms with Gasteiger partial charge >= 0.3 is 11.8 Å². The Hall–Kier alpha value is -2.94. The molecular weight excluding hydrogens is 381 g/mol. The number of halogens is 3. The molecule has 0 unspecified atom stereocenters. The van der Waals surface area contributed by atoms with Crippen molar-refractivity contribution in [2.45, 2.75) is 17.2 Å². The van der Waals surface area contributed by atoms with Crippen LogP contribution in [0.4, 0.5) is 13.2 Å². The number of nitrogens with zero attached hydrogens (tertiary/aromatic N) is 1. The smallest absolute Gasteiger partial charge is 0.267 e.